The van der Waals surface area contributed by atoms with Crippen molar-refractivity contribution >= 4 is 34.8 Å². The molecule has 5 nitrogen and oxygen atoms in total. The number of hydrogen-bond donors (Lipinski definition) is 2. The van der Waals surface area contributed by atoms with Crippen molar-refractivity contribution in [1.82, 2.24) is 0 Å². The third-order valence-electron chi connectivity index (χ3n) is 3.86. The number of halogens is 1. The number of benzene rings is 1. The van der Waals surface area contributed by atoms with Crippen LogP contribution in [0.15, 0.2) is 41.0 Å². The standard InChI is InChI=1S/C17H17ClN2O3/c1-2-16(21)19-10-5-6-13(18)14(8-10)20-17(22)12-9-11(12)15-4-3-7-23-15/h3-8,11-12H,2,9H2,1H3,(H,19,21)(H,20,22). The van der Waals surface area contributed by atoms with Gasteiger partial charge in [0, 0.05) is 23.9 Å². The molecule has 1 aliphatic rings. The minimum Gasteiger partial charge on any atom is -0.469 e. The van der Waals surface area contributed by atoms with Crippen molar-refractivity contribution in [3.63, 3.8) is 0 Å². The maximum atomic E-state index is 12.3. The van der Waals surface area contributed by atoms with Crippen LogP contribution >= 0.6 is 11.6 Å². The van der Waals surface area contributed by atoms with Gasteiger partial charge in [-0.25, -0.2) is 0 Å². The molecule has 0 spiro atoms. The number of amides is 2. The lowest BCUT2D eigenvalue weighted by atomic mass is 10.2. The topological polar surface area (TPSA) is 71.3 Å². The summed E-state index contributed by atoms with van der Waals surface area (Å²) in [7, 11) is 0. The molecule has 0 radical (unpaired) electrons. The molecule has 2 amide bonds. The van der Waals surface area contributed by atoms with Crippen LogP contribution in [-0.2, 0) is 9.59 Å². The number of rotatable bonds is 5. The van der Waals surface area contributed by atoms with Crippen molar-refractivity contribution in [2.75, 3.05) is 10.6 Å². The Kier molecular flexibility index (Phi) is 4.39. The summed E-state index contributed by atoms with van der Waals surface area (Å²) in [5.41, 5.74) is 1.10. The van der Waals surface area contributed by atoms with Crippen molar-refractivity contribution < 1.29 is 14.0 Å². The molecule has 1 aromatic heterocycles. The maximum absolute atomic E-state index is 12.3. The summed E-state index contributed by atoms with van der Waals surface area (Å²) in [6.45, 7) is 1.77. The van der Waals surface area contributed by atoms with Crippen LogP contribution in [0.2, 0.25) is 5.02 Å². The van der Waals surface area contributed by atoms with E-state index in [1.165, 1.54) is 0 Å². The summed E-state index contributed by atoms with van der Waals surface area (Å²) in [6, 6.07) is 8.72. The lowest BCUT2D eigenvalue weighted by Gasteiger charge is -2.10. The monoisotopic (exact) mass is 332 g/mol. The molecule has 0 aliphatic heterocycles. The first-order valence-corrected chi connectivity index (χ1v) is 7.90. The van der Waals surface area contributed by atoms with Crippen molar-refractivity contribution in [3.05, 3.63) is 47.4 Å². The lowest BCUT2D eigenvalue weighted by molar-refractivity contribution is -0.117. The molecule has 1 fully saturated rings. The average molecular weight is 333 g/mol. The van der Waals surface area contributed by atoms with Gasteiger partial charge in [-0.15, -0.1) is 0 Å². The average Bonchev–Trinajstić information content (AvgIpc) is 3.16. The largest absolute Gasteiger partial charge is 0.469 e. The minimum absolute atomic E-state index is 0.0905. The first kappa shape index (κ1) is 15.6. The SMILES string of the molecule is CCC(=O)Nc1ccc(Cl)c(NC(=O)C2CC2c2ccco2)c1. The molecular weight excluding hydrogens is 316 g/mol. The van der Waals surface area contributed by atoms with Gasteiger partial charge in [-0.05, 0) is 36.8 Å². The fraction of sp³-hybridized carbons (Fsp3) is 0.294. The van der Waals surface area contributed by atoms with Crippen LogP contribution in [0.25, 0.3) is 0 Å². The normalized spacial score (nSPS) is 19.2. The minimum atomic E-state index is -0.105. The first-order chi connectivity index (χ1) is 11.1. The van der Waals surface area contributed by atoms with E-state index in [2.05, 4.69) is 10.6 Å². The molecule has 23 heavy (non-hydrogen) atoms. The van der Waals surface area contributed by atoms with Crippen LogP contribution in [-0.4, -0.2) is 11.8 Å². The lowest BCUT2D eigenvalue weighted by Crippen LogP contribution is -2.15. The fourth-order valence-electron chi connectivity index (χ4n) is 2.48. The highest BCUT2D eigenvalue weighted by Crippen LogP contribution is 2.48. The van der Waals surface area contributed by atoms with E-state index in [1.54, 1.807) is 31.4 Å². The predicted octanol–water partition coefficient (Wildman–Crippen LogP) is 4.02. The highest BCUT2D eigenvalue weighted by Gasteiger charge is 2.45. The summed E-state index contributed by atoms with van der Waals surface area (Å²) in [6.07, 6.45) is 2.76. The Morgan fingerprint density at radius 3 is 2.83 bits per heavy atom. The van der Waals surface area contributed by atoms with Gasteiger partial charge in [0.25, 0.3) is 0 Å². The zero-order valence-corrected chi connectivity index (χ0v) is 13.4. The Labute approximate surface area is 139 Å². The number of furan rings is 1. The van der Waals surface area contributed by atoms with Crippen molar-refractivity contribution in [3.8, 4) is 0 Å². The zero-order chi connectivity index (χ0) is 16.4. The molecule has 0 bridgehead atoms. The summed E-state index contributed by atoms with van der Waals surface area (Å²) in [5, 5.41) is 6.01. The zero-order valence-electron chi connectivity index (χ0n) is 12.6. The molecule has 3 rings (SSSR count). The van der Waals surface area contributed by atoms with Crippen LogP contribution in [0.5, 0.6) is 0 Å². The molecule has 120 valence electrons. The van der Waals surface area contributed by atoms with Crippen LogP contribution in [0.1, 0.15) is 31.4 Å². The third kappa shape index (κ3) is 3.56. The predicted molar refractivity (Wildman–Crippen MR) is 88.6 cm³/mol. The van der Waals surface area contributed by atoms with Gasteiger partial charge >= 0.3 is 0 Å². The second kappa shape index (κ2) is 6.46. The molecule has 1 aliphatic carbocycles. The van der Waals surface area contributed by atoms with Gasteiger partial charge in [0.05, 0.1) is 17.0 Å². The van der Waals surface area contributed by atoms with Gasteiger partial charge in [-0.1, -0.05) is 18.5 Å². The van der Waals surface area contributed by atoms with Gasteiger partial charge < -0.3 is 15.1 Å². The third-order valence-corrected chi connectivity index (χ3v) is 4.19. The van der Waals surface area contributed by atoms with Crippen LogP contribution < -0.4 is 10.6 Å². The second-order valence-corrected chi connectivity index (χ2v) is 5.96. The van der Waals surface area contributed by atoms with Gasteiger partial charge in [-0.2, -0.15) is 0 Å². The van der Waals surface area contributed by atoms with E-state index >= 15 is 0 Å². The number of carbonyl (C=O) groups excluding carboxylic acids is 2. The molecule has 2 aromatic rings. The van der Waals surface area contributed by atoms with Gasteiger partial charge in [0.1, 0.15) is 5.76 Å². The summed E-state index contributed by atoms with van der Waals surface area (Å²) in [5.74, 6) is 0.676. The second-order valence-electron chi connectivity index (χ2n) is 5.55. The van der Waals surface area contributed by atoms with Crippen LogP contribution in [0.3, 0.4) is 0 Å². The smallest absolute Gasteiger partial charge is 0.228 e. The number of nitrogens with one attached hydrogen (secondary N) is 2. The van der Waals surface area contributed by atoms with E-state index in [0.717, 1.165) is 12.2 Å². The Morgan fingerprint density at radius 1 is 1.30 bits per heavy atom. The number of hydrogen-bond acceptors (Lipinski definition) is 3. The number of carbonyl (C=O) groups is 2. The molecule has 1 saturated carbocycles. The highest BCUT2D eigenvalue weighted by molar-refractivity contribution is 6.34. The van der Waals surface area contributed by atoms with Crippen LogP contribution in [0.4, 0.5) is 11.4 Å². The Balaban J connectivity index is 1.66. The summed E-state index contributed by atoms with van der Waals surface area (Å²) in [4.78, 5) is 23.8. The van der Waals surface area contributed by atoms with Gasteiger partial charge in [-0.3, -0.25) is 9.59 Å². The Bertz CT molecular complexity index is 727. The molecule has 1 aromatic carbocycles. The Hall–Kier alpha value is -2.27. The molecule has 0 saturated heterocycles. The first-order valence-electron chi connectivity index (χ1n) is 7.52. The van der Waals surface area contributed by atoms with E-state index in [4.69, 9.17) is 16.0 Å². The maximum Gasteiger partial charge on any atom is 0.228 e. The van der Waals surface area contributed by atoms with Crippen molar-refractivity contribution in [1.29, 1.82) is 0 Å². The van der Waals surface area contributed by atoms with E-state index in [1.807, 2.05) is 12.1 Å². The molecular formula is C17H17ClN2O3. The highest BCUT2D eigenvalue weighted by atomic mass is 35.5. The molecule has 2 N–H and O–H groups in total. The molecule has 2 unspecified atom stereocenters. The Morgan fingerprint density at radius 2 is 2.13 bits per heavy atom. The fourth-order valence-corrected chi connectivity index (χ4v) is 2.64. The molecule has 1 heterocycles. The van der Waals surface area contributed by atoms with E-state index in [9.17, 15) is 9.59 Å². The van der Waals surface area contributed by atoms with E-state index < -0.39 is 0 Å². The molecule has 2 atom stereocenters. The summed E-state index contributed by atoms with van der Waals surface area (Å²) < 4.78 is 5.33. The van der Waals surface area contributed by atoms with Gasteiger partial charge in [0.15, 0.2) is 0 Å². The van der Waals surface area contributed by atoms with Crippen molar-refractivity contribution in [2.45, 2.75) is 25.7 Å². The van der Waals surface area contributed by atoms with Gasteiger partial charge in [0.2, 0.25) is 11.8 Å². The summed E-state index contributed by atoms with van der Waals surface area (Å²) >= 11 is 6.13. The van der Waals surface area contributed by atoms with Crippen molar-refractivity contribution in [2.24, 2.45) is 5.92 Å². The quantitative estimate of drug-likeness (QED) is 0.868. The van der Waals surface area contributed by atoms with Crippen LogP contribution in [0, 0.1) is 5.92 Å². The van der Waals surface area contributed by atoms with E-state index in [0.29, 0.717) is 22.8 Å². The van der Waals surface area contributed by atoms with E-state index in [-0.39, 0.29) is 23.7 Å². The molecule has 6 heteroatoms. The number of anilines is 2.